The molecule has 400 valence electrons. The van der Waals surface area contributed by atoms with Crippen LogP contribution in [0.2, 0.25) is 0 Å². The minimum Gasteiger partial charge on any atom is -0.481 e. The number of rotatable bonds is 10. The van der Waals surface area contributed by atoms with Crippen LogP contribution in [0.3, 0.4) is 0 Å². The Hall–Kier alpha value is -3.16. The molecule has 3 N–H and O–H groups in total. The molecule has 12 atom stereocenters. The van der Waals surface area contributed by atoms with E-state index in [9.17, 15) is 19.8 Å². The molecule has 10 nitrogen and oxygen atoms in total. The van der Waals surface area contributed by atoms with Crippen LogP contribution in [0.15, 0.2) is 44.2 Å². The molecule has 6 heterocycles. The average Bonchev–Trinajstić information content (AvgIpc) is 4.16. The van der Waals surface area contributed by atoms with Gasteiger partial charge < -0.3 is 15.3 Å². The maximum absolute atomic E-state index is 13.8. The second kappa shape index (κ2) is 19.6. The molecule has 4 fully saturated rings. The predicted molar refractivity (Wildman–Crippen MR) is 302 cm³/mol. The molecule has 9 aliphatic rings. The number of carbonyl (C=O) groups excluding carboxylic acids is 1. The molecule has 4 saturated carbocycles. The molecule has 0 amide bonds. The summed E-state index contributed by atoms with van der Waals surface area (Å²) in [5.74, 6) is 2.02. The first kappa shape index (κ1) is 54.2. The maximum atomic E-state index is 13.8. The molecule has 11 rings (SSSR count). The molecule has 4 aliphatic heterocycles. The van der Waals surface area contributed by atoms with Crippen molar-refractivity contribution in [1.29, 1.82) is 0 Å². The van der Waals surface area contributed by atoms with Gasteiger partial charge in [0.2, 0.25) is 0 Å². The SMILES string of the molecule is CCOC(=O)C1=CC2=C3N=C(C=c4c(CC)c(C)c5[n]4[Sn]([Cl])([Cl])[n]4c(c(CC)c(C)c42)C=C2N=C(C=5)C(CC)=C2C)C(C)C13CC.C[C@H](CCC(=O)O)[C@H]1CC[C@H]2[C@@H]3[C@@H](O)C[C@@H]4C[C@H](O)CC[C@]4(C)[C@H]3CC[C@]12C. The number of hydrogen-bond acceptors (Lipinski definition) is 7. The summed E-state index contributed by atoms with van der Waals surface area (Å²) in [7, 11) is 16.2. The van der Waals surface area contributed by atoms with Gasteiger partial charge >= 0.3 is 291 Å². The minimum atomic E-state index is -4.72. The number of carboxylic acid groups (broad SMARTS) is 1. The van der Waals surface area contributed by atoms with E-state index in [1.54, 1.807) is 0 Å². The maximum Gasteiger partial charge on any atom is 0.303 e. The molecule has 2 unspecified atom stereocenters. The van der Waals surface area contributed by atoms with Gasteiger partial charge in [0.25, 0.3) is 0 Å². The first-order valence-corrected chi connectivity index (χ1v) is 38.3. The molecule has 0 saturated heterocycles. The van der Waals surface area contributed by atoms with Crippen molar-refractivity contribution in [2.75, 3.05) is 6.61 Å². The molecular formula is C61H82Cl2N4O6Sn. The number of aliphatic carboxylic acids is 1. The van der Waals surface area contributed by atoms with Crippen molar-refractivity contribution in [2.24, 2.45) is 67.7 Å². The summed E-state index contributed by atoms with van der Waals surface area (Å²) in [4.78, 5) is 35.6. The number of hydrogen-bond donors (Lipinski definition) is 3. The summed E-state index contributed by atoms with van der Waals surface area (Å²) in [5, 5.41) is 32.6. The van der Waals surface area contributed by atoms with E-state index in [0.29, 0.717) is 54.1 Å². The molecule has 0 aromatic carbocycles. The van der Waals surface area contributed by atoms with Crippen molar-refractivity contribution in [3.8, 4) is 0 Å². The molecule has 13 heteroatoms. The van der Waals surface area contributed by atoms with Gasteiger partial charge in [-0.25, -0.2) is 0 Å². The van der Waals surface area contributed by atoms with Crippen LogP contribution in [-0.4, -0.2) is 79.7 Å². The second-order valence-corrected chi connectivity index (χ2v) is 38.2. The summed E-state index contributed by atoms with van der Waals surface area (Å²) >= 11 is -4.72. The van der Waals surface area contributed by atoms with Crippen molar-refractivity contribution < 1.29 is 29.6 Å². The van der Waals surface area contributed by atoms with Crippen LogP contribution < -0.4 is 10.7 Å². The normalized spacial score (nSPS) is 34.2. The molecule has 0 radical (unpaired) electrons. The summed E-state index contributed by atoms with van der Waals surface area (Å²) in [6.07, 6.45) is 21.1. The Labute approximate surface area is 451 Å². The number of allylic oxidation sites excluding steroid dienone is 5. The zero-order valence-electron chi connectivity index (χ0n) is 46.2. The fraction of sp³-hybridized carbons (Fsp3) is 0.639. The Morgan fingerprint density at radius 3 is 2.22 bits per heavy atom. The number of aromatic nitrogens is 2. The van der Waals surface area contributed by atoms with E-state index in [4.69, 9.17) is 37.7 Å². The van der Waals surface area contributed by atoms with Gasteiger partial charge in [0.15, 0.2) is 0 Å². The number of fused-ring (bicyclic) bond motifs is 7. The zero-order chi connectivity index (χ0) is 53.3. The van der Waals surface area contributed by atoms with Gasteiger partial charge in [0, 0.05) is 6.42 Å². The molecule has 6 bridgehead atoms. The van der Waals surface area contributed by atoms with Crippen molar-refractivity contribution in [2.45, 2.75) is 185 Å². The Morgan fingerprint density at radius 1 is 0.851 bits per heavy atom. The molecule has 5 aliphatic carbocycles. The fourth-order valence-corrected chi connectivity index (χ4v) is 28.8. The van der Waals surface area contributed by atoms with E-state index in [0.717, 1.165) is 107 Å². The Morgan fingerprint density at radius 2 is 1.55 bits per heavy atom. The van der Waals surface area contributed by atoms with E-state index in [1.807, 2.05) is 13.0 Å². The second-order valence-electron chi connectivity index (χ2n) is 24.4. The molecule has 0 spiro atoms. The number of aliphatic imine (C=N–C) groups is 2. The van der Waals surface area contributed by atoms with Crippen LogP contribution in [0, 0.1) is 71.5 Å². The van der Waals surface area contributed by atoms with Gasteiger partial charge in [-0.3, -0.25) is 4.79 Å². The number of halogens is 2. The average molecular weight is 1160 g/mol. The quantitative estimate of drug-likeness (QED) is 0.160. The first-order chi connectivity index (χ1) is 35.1. The summed E-state index contributed by atoms with van der Waals surface area (Å²) < 4.78 is 10.3. The van der Waals surface area contributed by atoms with E-state index >= 15 is 0 Å². The Kier molecular flexibility index (Phi) is 14.4. The number of nitrogens with zero attached hydrogens (tertiary/aromatic N) is 4. The van der Waals surface area contributed by atoms with Gasteiger partial charge in [0.05, 0.1) is 12.2 Å². The molecule has 2 aromatic rings. The van der Waals surface area contributed by atoms with Crippen molar-refractivity contribution in [1.82, 2.24) is 5.58 Å². The number of aliphatic hydroxyl groups is 2. The topological polar surface area (TPSA) is 139 Å². The van der Waals surface area contributed by atoms with E-state index in [-0.39, 0.29) is 41.3 Å². The number of aliphatic hydroxyl groups excluding tert-OH is 2. The van der Waals surface area contributed by atoms with Gasteiger partial charge in [-0.05, 0) is 104 Å². The summed E-state index contributed by atoms with van der Waals surface area (Å²) in [6.45, 7) is 26.8. The van der Waals surface area contributed by atoms with E-state index in [2.05, 4.69) is 100.0 Å². The smallest absolute Gasteiger partial charge is 0.303 e. The largest absolute Gasteiger partial charge is 0.481 e. The monoisotopic (exact) mass is 1160 g/mol. The Balaban J connectivity index is 0.000000191. The van der Waals surface area contributed by atoms with Crippen molar-refractivity contribution >= 4 is 81.7 Å². The van der Waals surface area contributed by atoms with Crippen molar-refractivity contribution in [3.63, 3.8) is 0 Å². The van der Waals surface area contributed by atoms with Crippen LogP contribution in [-0.2, 0) is 27.2 Å². The van der Waals surface area contributed by atoms with Crippen LogP contribution in [0.1, 0.15) is 180 Å². The van der Waals surface area contributed by atoms with Gasteiger partial charge in [0.1, 0.15) is 0 Å². The van der Waals surface area contributed by atoms with Gasteiger partial charge in [-0.1, -0.05) is 20.8 Å². The third-order valence-corrected chi connectivity index (χ3v) is 31.7. The number of carbonyl (C=O) groups is 2. The van der Waals surface area contributed by atoms with Gasteiger partial charge in [-0.15, -0.1) is 0 Å². The van der Waals surface area contributed by atoms with Gasteiger partial charge in [-0.2, -0.15) is 0 Å². The number of carboxylic acids is 1. The van der Waals surface area contributed by atoms with E-state index in [1.165, 1.54) is 53.5 Å². The first-order valence-electron chi connectivity index (χ1n) is 28.5. The van der Waals surface area contributed by atoms with Crippen LogP contribution in [0.5, 0.6) is 0 Å². The van der Waals surface area contributed by atoms with E-state index < -0.39 is 28.1 Å². The third kappa shape index (κ3) is 7.85. The molecular weight excluding hydrogens is 1070 g/mol. The minimum absolute atomic E-state index is 0.0564. The third-order valence-electron chi connectivity index (χ3n) is 21.4. The molecule has 2 aromatic heterocycles. The summed E-state index contributed by atoms with van der Waals surface area (Å²) in [6, 6.07) is 0. The van der Waals surface area contributed by atoms with Crippen LogP contribution >= 0.6 is 17.8 Å². The standard InChI is InChI=1S/C37H43N4O2.C24H40O4.2ClH.Sn/c1-10-23-19(6)29-17-33-25(12-3)21(8)34(40-33)26-15-27(36(42)43-14-5)37(13-4)22(9)30(41-35(26)37)18-32-24(11-2)20(7)28(39-32)16-31(23)38-29;1-14(4-7-21(27)28)17-5-6-18-22-19(9-11-24(17,18)3)23(2)10-8-16(25)12-15(23)13-20(22)26;;;/h15-18,22H,10-14H2,1-9H3,(H-,38,39,40,41,42);14-20,22,25-26H,4-13H2,1-3H3,(H,27,28);2*1H;/q-1;;;;+4/p-3/t;14-,15+,16-,17-,18+,19+,20+,22+,23+,24-;;;/m.1.../s1. The number of esters is 1. The zero-order valence-corrected chi connectivity index (χ0v) is 50.6. The van der Waals surface area contributed by atoms with Crippen LogP contribution in [0.25, 0.3) is 23.8 Å². The Bertz CT molecular complexity index is 3040. The number of ether oxygens (including phenoxy) is 1. The molecule has 74 heavy (non-hydrogen) atoms. The van der Waals surface area contributed by atoms with Crippen LogP contribution in [0.4, 0.5) is 0 Å². The summed E-state index contributed by atoms with van der Waals surface area (Å²) in [5.41, 5.74) is 14.5. The van der Waals surface area contributed by atoms with Crippen molar-refractivity contribution in [3.05, 3.63) is 78.5 Å². The predicted octanol–water partition coefficient (Wildman–Crippen LogP) is 11.6. The fourth-order valence-electron chi connectivity index (χ4n) is 17.6.